The summed E-state index contributed by atoms with van der Waals surface area (Å²) in [7, 11) is 1.66. The molecule has 0 bridgehead atoms. The first-order chi connectivity index (χ1) is 10.6. The summed E-state index contributed by atoms with van der Waals surface area (Å²) < 4.78 is 6.92. The number of hydrogen-bond donors (Lipinski definition) is 2. The van der Waals surface area contributed by atoms with Crippen LogP contribution in [0, 0.1) is 20.8 Å². The minimum absolute atomic E-state index is 0.507. The molecule has 0 atom stereocenters. The van der Waals surface area contributed by atoms with E-state index in [2.05, 4.69) is 25.6 Å². The molecule has 3 rings (SSSR count). The first kappa shape index (κ1) is 14.5. The van der Waals surface area contributed by atoms with E-state index in [0.717, 1.165) is 39.8 Å². The average molecular weight is 300 g/mol. The molecule has 22 heavy (non-hydrogen) atoms. The van der Waals surface area contributed by atoms with Gasteiger partial charge in [0.05, 0.1) is 30.2 Å². The molecule has 0 aliphatic rings. The van der Waals surface area contributed by atoms with E-state index in [-0.39, 0.29) is 0 Å². The van der Waals surface area contributed by atoms with Gasteiger partial charge >= 0.3 is 0 Å². The van der Waals surface area contributed by atoms with Gasteiger partial charge in [-0.15, -0.1) is 0 Å². The van der Waals surface area contributed by atoms with Crippen LogP contribution in [0.3, 0.4) is 0 Å². The Kier molecular flexibility index (Phi) is 3.81. The zero-order valence-electron chi connectivity index (χ0n) is 13.3. The normalized spacial score (nSPS) is 11.3. The SMILES string of the molecule is COCc1cc(CNc2cc(C)nc3c(C)c(C)nn23)[nH]n1. The van der Waals surface area contributed by atoms with E-state index < -0.39 is 0 Å². The summed E-state index contributed by atoms with van der Waals surface area (Å²) in [5, 5.41) is 15.1. The number of aryl methyl sites for hydroxylation is 3. The quantitative estimate of drug-likeness (QED) is 0.754. The molecule has 0 aliphatic heterocycles. The van der Waals surface area contributed by atoms with E-state index in [1.807, 2.05) is 37.4 Å². The van der Waals surface area contributed by atoms with Gasteiger partial charge in [-0.3, -0.25) is 5.10 Å². The van der Waals surface area contributed by atoms with Crippen molar-refractivity contribution in [1.82, 2.24) is 24.8 Å². The number of methoxy groups -OCH3 is 1. The van der Waals surface area contributed by atoms with Crippen LogP contribution in [0.1, 0.15) is 28.3 Å². The molecule has 116 valence electrons. The van der Waals surface area contributed by atoms with Gasteiger partial charge in [-0.2, -0.15) is 14.7 Å². The summed E-state index contributed by atoms with van der Waals surface area (Å²) in [4.78, 5) is 4.56. The van der Waals surface area contributed by atoms with Gasteiger partial charge in [-0.25, -0.2) is 4.98 Å². The van der Waals surface area contributed by atoms with Crippen molar-refractivity contribution < 1.29 is 4.74 Å². The van der Waals surface area contributed by atoms with Crippen molar-refractivity contribution >= 4 is 11.5 Å². The predicted molar refractivity (Wildman–Crippen MR) is 83.8 cm³/mol. The Hall–Kier alpha value is -2.41. The summed E-state index contributed by atoms with van der Waals surface area (Å²) >= 11 is 0. The lowest BCUT2D eigenvalue weighted by atomic mass is 10.3. The molecule has 2 N–H and O–H groups in total. The van der Waals surface area contributed by atoms with Crippen molar-refractivity contribution in [2.75, 3.05) is 12.4 Å². The van der Waals surface area contributed by atoms with Gasteiger partial charge in [0.15, 0.2) is 5.65 Å². The molecule has 0 saturated heterocycles. The van der Waals surface area contributed by atoms with E-state index >= 15 is 0 Å². The number of H-pyrrole nitrogens is 1. The largest absolute Gasteiger partial charge is 0.378 e. The van der Waals surface area contributed by atoms with Gasteiger partial charge < -0.3 is 10.1 Å². The smallest absolute Gasteiger partial charge is 0.160 e. The van der Waals surface area contributed by atoms with Crippen molar-refractivity contribution in [3.8, 4) is 0 Å². The van der Waals surface area contributed by atoms with Gasteiger partial charge in [0.25, 0.3) is 0 Å². The molecular formula is C15H20N6O. The van der Waals surface area contributed by atoms with Crippen LogP contribution in [0.4, 0.5) is 5.82 Å². The lowest BCUT2D eigenvalue weighted by molar-refractivity contribution is 0.181. The molecule has 0 fully saturated rings. The van der Waals surface area contributed by atoms with Crippen molar-refractivity contribution in [3.05, 3.63) is 40.5 Å². The second kappa shape index (κ2) is 5.76. The van der Waals surface area contributed by atoms with Crippen LogP contribution in [0.2, 0.25) is 0 Å². The van der Waals surface area contributed by atoms with Crippen molar-refractivity contribution in [2.45, 2.75) is 33.9 Å². The topological polar surface area (TPSA) is 80.1 Å². The molecule has 3 aromatic rings. The Bertz CT molecular complexity index is 804. The monoisotopic (exact) mass is 300 g/mol. The van der Waals surface area contributed by atoms with E-state index in [4.69, 9.17) is 4.74 Å². The van der Waals surface area contributed by atoms with Crippen molar-refractivity contribution in [1.29, 1.82) is 0 Å². The Morgan fingerprint density at radius 2 is 2.09 bits per heavy atom. The van der Waals surface area contributed by atoms with Crippen LogP contribution in [0.25, 0.3) is 5.65 Å². The Balaban J connectivity index is 1.85. The highest BCUT2D eigenvalue weighted by Crippen LogP contribution is 2.18. The Morgan fingerprint density at radius 1 is 1.27 bits per heavy atom. The number of aromatic nitrogens is 5. The third kappa shape index (κ3) is 2.67. The van der Waals surface area contributed by atoms with E-state index in [1.165, 1.54) is 0 Å². The molecule has 0 spiro atoms. The van der Waals surface area contributed by atoms with E-state index in [0.29, 0.717) is 13.2 Å². The third-order valence-electron chi connectivity index (χ3n) is 3.62. The average Bonchev–Trinajstić information content (AvgIpc) is 3.04. The lowest BCUT2D eigenvalue weighted by Gasteiger charge is -2.08. The standard InChI is InChI=1S/C15H20N6O/c1-9-5-14(21-15(17-9)10(2)11(3)20-21)16-7-12-6-13(8-22-4)19-18-12/h5-6,16H,7-8H2,1-4H3,(H,18,19). The minimum atomic E-state index is 0.507. The highest BCUT2D eigenvalue weighted by Gasteiger charge is 2.11. The van der Waals surface area contributed by atoms with Crippen LogP contribution in [0.5, 0.6) is 0 Å². The number of hydrogen-bond acceptors (Lipinski definition) is 5. The van der Waals surface area contributed by atoms with E-state index in [9.17, 15) is 0 Å². The summed E-state index contributed by atoms with van der Waals surface area (Å²) in [5.41, 5.74) is 5.84. The molecule has 0 aliphatic carbocycles. The minimum Gasteiger partial charge on any atom is -0.378 e. The van der Waals surface area contributed by atoms with Crippen LogP contribution in [0.15, 0.2) is 12.1 Å². The summed E-state index contributed by atoms with van der Waals surface area (Å²) in [6.45, 7) is 7.16. The van der Waals surface area contributed by atoms with Gasteiger partial charge in [-0.1, -0.05) is 0 Å². The zero-order chi connectivity index (χ0) is 15.7. The fourth-order valence-electron chi connectivity index (χ4n) is 2.38. The summed E-state index contributed by atoms with van der Waals surface area (Å²) in [5.74, 6) is 0.918. The highest BCUT2D eigenvalue weighted by atomic mass is 16.5. The maximum atomic E-state index is 5.07. The lowest BCUT2D eigenvalue weighted by Crippen LogP contribution is -2.07. The number of fused-ring (bicyclic) bond motifs is 1. The van der Waals surface area contributed by atoms with Crippen LogP contribution >= 0.6 is 0 Å². The zero-order valence-corrected chi connectivity index (χ0v) is 13.3. The fourth-order valence-corrected chi connectivity index (χ4v) is 2.38. The number of nitrogens with one attached hydrogen (secondary N) is 2. The van der Waals surface area contributed by atoms with Gasteiger partial charge in [0.1, 0.15) is 5.82 Å². The first-order valence-electron chi connectivity index (χ1n) is 7.18. The number of anilines is 1. The fraction of sp³-hybridized carbons (Fsp3) is 0.400. The maximum Gasteiger partial charge on any atom is 0.160 e. The molecule has 7 nitrogen and oxygen atoms in total. The van der Waals surface area contributed by atoms with Crippen LogP contribution in [-0.2, 0) is 17.9 Å². The summed E-state index contributed by atoms with van der Waals surface area (Å²) in [6, 6.07) is 3.98. The summed E-state index contributed by atoms with van der Waals surface area (Å²) in [6.07, 6.45) is 0. The molecule has 3 heterocycles. The Morgan fingerprint density at radius 3 is 2.86 bits per heavy atom. The van der Waals surface area contributed by atoms with Crippen molar-refractivity contribution in [2.24, 2.45) is 0 Å². The second-order valence-corrected chi connectivity index (χ2v) is 5.40. The van der Waals surface area contributed by atoms with Gasteiger partial charge in [-0.05, 0) is 26.8 Å². The van der Waals surface area contributed by atoms with Gasteiger partial charge in [0, 0.05) is 24.4 Å². The van der Waals surface area contributed by atoms with Gasteiger partial charge in [0.2, 0.25) is 0 Å². The predicted octanol–water partition coefficient (Wildman–Crippen LogP) is 2.14. The third-order valence-corrected chi connectivity index (χ3v) is 3.62. The molecule has 0 saturated carbocycles. The maximum absolute atomic E-state index is 5.07. The molecular weight excluding hydrogens is 280 g/mol. The molecule has 0 amide bonds. The molecule has 0 radical (unpaired) electrons. The van der Waals surface area contributed by atoms with Crippen LogP contribution in [-0.4, -0.2) is 31.9 Å². The Labute approximate surface area is 128 Å². The molecule has 0 unspecified atom stereocenters. The first-order valence-corrected chi connectivity index (χ1v) is 7.18. The second-order valence-electron chi connectivity index (χ2n) is 5.40. The van der Waals surface area contributed by atoms with Crippen molar-refractivity contribution in [3.63, 3.8) is 0 Å². The van der Waals surface area contributed by atoms with E-state index in [1.54, 1.807) is 7.11 Å². The molecule has 7 heteroatoms. The van der Waals surface area contributed by atoms with Crippen LogP contribution < -0.4 is 5.32 Å². The number of rotatable bonds is 5. The number of ether oxygens (including phenoxy) is 1. The molecule has 3 aromatic heterocycles. The highest BCUT2D eigenvalue weighted by molar-refractivity contribution is 5.55. The molecule has 0 aromatic carbocycles. The number of nitrogens with zero attached hydrogens (tertiary/aromatic N) is 4. The number of aromatic amines is 1.